The summed E-state index contributed by atoms with van der Waals surface area (Å²) in [5.74, 6) is 2.95. The number of rotatable bonds is 8. The van der Waals surface area contributed by atoms with Crippen LogP contribution in [0.2, 0.25) is 5.02 Å². The molecular weight excluding hydrogens is 472 g/mol. The van der Waals surface area contributed by atoms with Crippen molar-refractivity contribution in [1.29, 1.82) is 0 Å². The maximum Gasteiger partial charge on any atom is 0.266 e. The predicted octanol–water partition coefficient (Wildman–Crippen LogP) is 6.66. The second kappa shape index (κ2) is 9.95. The molecule has 1 amide bonds. The van der Waals surface area contributed by atoms with Gasteiger partial charge in [-0.15, -0.1) is 0 Å². The molecule has 2 saturated carbocycles. The standard InChI is InChI=1S/C26H29ClN2O2S2/c27-20-9-7-17(8-10-20)22-14-19(4-2-1-3-11-28)23(31-22)15-24-25(30)29(26(32)33-24)21-13-16-5-6-18(21)12-16/h7-10,14-16,18,21H,1-6,11-13,28H2. The van der Waals surface area contributed by atoms with E-state index in [2.05, 4.69) is 6.07 Å². The number of carbonyl (C=O) groups is 1. The highest BCUT2D eigenvalue weighted by Gasteiger charge is 2.48. The van der Waals surface area contributed by atoms with E-state index < -0.39 is 0 Å². The highest BCUT2D eigenvalue weighted by atomic mass is 35.5. The molecule has 2 aromatic rings. The van der Waals surface area contributed by atoms with Crippen molar-refractivity contribution in [3.63, 3.8) is 0 Å². The molecule has 1 aromatic carbocycles. The van der Waals surface area contributed by atoms with Crippen molar-refractivity contribution in [3.8, 4) is 11.3 Å². The van der Waals surface area contributed by atoms with E-state index in [1.165, 1.54) is 31.0 Å². The normalized spacial score (nSPS) is 25.7. The van der Waals surface area contributed by atoms with Gasteiger partial charge in [-0.05, 0) is 92.8 Å². The highest BCUT2D eigenvalue weighted by Crippen LogP contribution is 2.49. The third kappa shape index (κ3) is 4.81. The second-order valence-electron chi connectivity index (χ2n) is 9.40. The number of thioether (sulfide) groups is 1. The molecule has 0 spiro atoms. The van der Waals surface area contributed by atoms with Crippen molar-refractivity contribution in [3.05, 3.63) is 51.6 Å². The molecule has 33 heavy (non-hydrogen) atoms. The number of hydrogen-bond donors (Lipinski definition) is 1. The number of thiocarbonyl (C=S) groups is 1. The van der Waals surface area contributed by atoms with Gasteiger partial charge in [-0.25, -0.2) is 0 Å². The third-order valence-electron chi connectivity index (χ3n) is 7.24. The van der Waals surface area contributed by atoms with E-state index >= 15 is 0 Å². The lowest BCUT2D eigenvalue weighted by Gasteiger charge is -2.30. The lowest BCUT2D eigenvalue weighted by atomic mass is 9.94. The lowest BCUT2D eigenvalue weighted by molar-refractivity contribution is -0.124. The first-order valence-corrected chi connectivity index (χ1v) is 13.5. The van der Waals surface area contributed by atoms with Crippen LogP contribution in [0.25, 0.3) is 17.4 Å². The van der Waals surface area contributed by atoms with Gasteiger partial charge in [-0.2, -0.15) is 0 Å². The van der Waals surface area contributed by atoms with E-state index in [9.17, 15) is 4.79 Å². The Balaban J connectivity index is 1.41. The molecule has 1 aromatic heterocycles. The smallest absolute Gasteiger partial charge is 0.266 e. The molecule has 7 heteroatoms. The summed E-state index contributed by atoms with van der Waals surface area (Å²) in [7, 11) is 0. The largest absolute Gasteiger partial charge is 0.456 e. The lowest BCUT2D eigenvalue weighted by Crippen LogP contribution is -2.41. The fraction of sp³-hybridized carbons (Fsp3) is 0.462. The van der Waals surface area contributed by atoms with Crippen LogP contribution in [-0.4, -0.2) is 27.7 Å². The molecule has 3 fully saturated rings. The maximum atomic E-state index is 13.4. The zero-order chi connectivity index (χ0) is 22.9. The number of fused-ring (bicyclic) bond motifs is 2. The van der Waals surface area contributed by atoms with Gasteiger partial charge < -0.3 is 10.2 Å². The molecule has 2 N–H and O–H groups in total. The number of unbranched alkanes of at least 4 members (excludes halogenated alkanes) is 2. The highest BCUT2D eigenvalue weighted by molar-refractivity contribution is 8.26. The first kappa shape index (κ1) is 23.2. The van der Waals surface area contributed by atoms with Crippen molar-refractivity contribution < 1.29 is 9.21 Å². The average molecular weight is 501 g/mol. The van der Waals surface area contributed by atoms with Crippen LogP contribution in [-0.2, 0) is 11.2 Å². The number of amides is 1. The monoisotopic (exact) mass is 500 g/mol. The number of furan rings is 1. The van der Waals surface area contributed by atoms with Crippen LogP contribution < -0.4 is 5.73 Å². The van der Waals surface area contributed by atoms with E-state index in [0.717, 1.165) is 60.7 Å². The van der Waals surface area contributed by atoms with Crippen LogP contribution >= 0.6 is 35.6 Å². The molecule has 174 valence electrons. The van der Waals surface area contributed by atoms with E-state index in [1.54, 1.807) is 0 Å². The molecule has 2 heterocycles. The molecule has 2 aliphatic carbocycles. The summed E-state index contributed by atoms with van der Waals surface area (Å²) in [6, 6.07) is 10.0. The number of carbonyl (C=O) groups excluding carboxylic acids is 1. The van der Waals surface area contributed by atoms with Crippen molar-refractivity contribution >= 4 is 51.9 Å². The Morgan fingerprint density at radius 3 is 2.70 bits per heavy atom. The van der Waals surface area contributed by atoms with Crippen molar-refractivity contribution in [2.24, 2.45) is 17.6 Å². The number of hydrogen-bond acceptors (Lipinski definition) is 5. The molecule has 1 aliphatic heterocycles. The Hall–Kier alpha value is -1.60. The van der Waals surface area contributed by atoms with Crippen LogP contribution in [0.5, 0.6) is 0 Å². The van der Waals surface area contributed by atoms with Gasteiger partial charge in [0.15, 0.2) is 0 Å². The van der Waals surface area contributed by atoms with Crippen LogP contribution in [0.3, 0.4) is 0 Å². The van der Waals surface area contributed by atoms with Crippen LogP contribution in [0, 0.1) is 11.8 Å². The Bertz CT molecular complexity index is 1080. The zero-order valence-electron chi connectivity index (χ0n) is 18.6. The van der Waals surface area contributed by atoms with E-state index in [0.29, 0.717) is 26.7 Å². The topological polar surface area (TPSA) is 59.5 Å². The van der Waals surface area contributed by atoms with Gasteiger partial charge in [0, 0.05) is 22.7 Å². The first-order valence-electron chi connectivity index (χ1n) is 11.9. The molecule has 1 saturated heterocycles. The van der Waals surface area contributed by atoms with Gasteiger partial charge in [0.25, 0.3) is 5.91 Å². The molecular formula is C26H29ClN2O2S2. The minimum Gasteiger partial charge on any atom is -0.456 e. The summed E-state index contributed by atoms with van der Waals surface area (Å²) >= 11 is 13.1. The first-order chi connectivity index (χ1) is 16.0. The average Bonchev–Trinajstić information content (AvgIpc) is 3.57. The van der Waals surface area contributed by atoms with Crippen molar-refractivity contribution in [2.75, 3.05) is 6.54 Å². The second-order valence-corrected chi connectivity index (χ2v) is 11.5. The molecule has 4 nitrogen and oxygen atoms in total. The Morgan fingerprint density at radius 1 is 1.18 bits per heavy atom. The molecule has 3 atom stereocenters. The van der Waals surface area contributed by atoms with Gasteiger partial charge in [0.2, 0.25) is 0 Å². The number of nitrogens with zero attached hydrogens (tertiary/aromatic N) is 1. The van der Waals surface area contributed by atoms with E-state index in [1.807, 2.05) is 35.2 Å². The predicted molar refractivity (Wildman–Crippen MR) is 140 cm³/mol. The van der Waals surface area contributed by atoms with Crippen LogP contribution in [0.15, 0.2) is 39.7 Å². The van der Waals surface area contributed by atoms with Gasteiger partial charge in [-0.3, -0.25) is 9.69 Å². The van der Waals surface area contributed by atoms with Gasteiger partial charge in [-0.1, -0.05) is 48.4 Å². The quantitative estimate of drug-likeness (QED) is 0.249. The van der Waals surface area contributed by atoms with Crippen LogP contribution in [0.4, 0.5) is 0 Å². The van der Waals surface area contributed by atoms with Gasteiger partial charge in [0.05, 0.1) is 4.91 Å². The minimum absolute atomic E-state index is 0.0427. The Labute approximate surface area is 209 Å². The van der Waals surface area contributed by atoms with Gasteiger partial charge >= 0.3 is 0 Å². The summed E-state index contributed by atoms with van der Waals surface area (Å²) in [5.41, 5.74) is 7.74. The summed E-state index contributed by atoms with van der Waals surface area (Å²) in [6.07, 6.45) is 10.8. The third-order valence-corrected chi connectivity index (χ3v) is 8.82. The molecule has 3 unspecified atom stereocenters. The number of halogens is 1. The van der Waals surface area contributed by atoms with Crippen molar-refractivity contribution in [1.82, 2.24) is 4.90 Å². The van der Waals surface area contributed by atoms with Crippen molar-refractivity contribution in [2.45, 2.75) is 57.4 Å². The van der Waals surface area contributed by atoms with E-state index in [4.69, 9.17) is 34.0 Å². The summed E-state index contributed by atoms with van der Waals surface area (Å²) in [4.78, 5) is 16.0. The number of aryl methyl sites for hydroxylation is 1. The van der Waals surface area contributed by atoms with Gasteiger partial charge in [0.1, 0.15) is 15.8 Å². The maximum absolute atomic E-state index is 13.4. The summed E-state index contributed by atoms with van der Waals surface area (Å²) in [6.45, 7) is 0.708. The molecule has 3 aliphatic rings. The number of nitrogens with two attached hydrogens (primary N) is 1. The molecule has 2 bridgehead atoms. The summed E-state index contributed by atoms with van der Waals surface area (Å²) in [5, 5.41) is 0.692. The fourth-order valence-corrected chi connectivity index (χ4v) is 7.04. The molecule has 0 radical (unpaired) electrons. The SMILES string of the molecule is NCCCCCc1cc(-c2ccc(Cl)cc2)oc1C=C1SC(=S)N(C2CC3CCC2C3)C1=O. The fourth-order valence-electron chi connectivity index (χ4n) is 5.57. The van der Waals surface area contributed by atoms with Crippen LogP contribution in [0.1, 0.15) is 56.3 Å². The zero-order valence-corrected chi connectivity index (χ0v) is 21.0. The Morgan fingerprint density at radius 2 is 2.00 bits per heavy atom. The van der Waals surface area contributed by atoms with E-state index in [-0.39, 0.29) is 11.9 Å². The molecule has 5 rings (SSSR count). The minimum atomic E-state index is 0.0427. The summed E-state index contributed by atoms with van der Waals surface area (Å²) < 4.78 is 6.97. The number of benzene rings is 1. The Kier molecular flexibility index (Phi) is 6.98.